The van der Waals surface area contributed by atoms with Gasteiger partial charge in [-0.15, -0.1) is 0 Å². The van der Waals surface area contributed by atoms with Crippen molar-refractivity contribution < 1.29 is 18.7 Å². The molecule has 0 spiro atoms. The number of carbonyl (C=O) groups is 2. The minimum atomic E-state index is -0.278. The summed E-state index contributed by atoms with van der Waals surface area (Å²) in [6.07, 6.45) is 3.93. The lowest BCUT2D eigenvalue weighted by Crippen LogP contribution is -2.33. The number of anilines is 1. The second kappa shape index (κ2) is 12.8. The summed E-state index contributed by atoms with van der Waals surface area (Å²) in [5.74, 6) is 6.17. The third kappa shape index (κ3) is 7.02. The van der Waals surface area contributed by atoms with Crippen molar-refractivity contribution in [3.63, 3.8) is 0 Å². The Morgan fingerprint density at radius 3 is 2.50 bits per heavy atom. The number of para-hydroxylation sites is 1. The number of hydrogen-bond donors (Lipinski definition) is 1. The second-order valence-electron chi connectivity index (χ2n) is 7.58. The number of amides is 2. The Morgan fingerprint density at radius 1 is 0.938 bits per heavy atom. The summed E-state index contributed by atoms with van der Waals surface area (Å²) >= 11 is 0. The summed E-state index contributed by atoms with van der Waals surface area (Å²) in [5.41, 5.74) is 3.49. The molecule has 0 atom stereocenters. The first-order valence-electron chi connectivity index (χ1n) is 10.9. The van der Waals surface area contributed by atoms with E-state index >= 15 is 0 Å². The highest BCUT2D eigenvalue weighted by Crippen LogP contribution is 2.26. The first kappa shape index (κ1) is 23.7. The molecule has 0 fully saturated rings. The highest BCUT2D eigenvalue weighted by molar-refractivity contribution is 7.17. The number of rotatable bonds is 11. The van der Waals surface area contributed by atoms with E-state index in [-0.39, 0.29) is 33.3 Å². The standard InChI is InChI=1S/C25H27N2O4P/c28-24(26-17-7-1-2-8-18-31-32-30)15-16-25(29)27-19-22-11-4-3-9-20(22)13-14-21-10-5-6-12-23(21)27/h3-6,9-12H,1-2,7-8,15-19H2,(H,26,28). The smallest absolute Gasteiger partial charge is 0.327 e. The number of unbranched alkanes of at least 4 members (excludes halogenated alkanes) is 3. The monoisotopic (exact) mass is 450 g/mol. The number of fused-ring (bicyclic) bond motifs is 2. The van der Waals surface area contributed by atoms with Crippen molar-refractivity contribution in [2.45, 2.75) is 45.1 Å². The van der Waals surface area contributed by atoms with E-state index < -0.39 is 0 Å². The van der Waals surface area contributed by atoms with E-state index in [4.69, 9.17) is 4.52 Å². The molecule has 0 aliphatic carbocycles. The molecule has 0 saturated carbocycles. The summed E-state index contributed by atoms with van der Waals surface area (Å²) < 4.78 is 14.9. The van der Waals surface area contributed by atoms with Crippen LogP contribution >= 0.6 is 8.69 Å². The van der Waals surface area contributed by atoms with Gasteiger partial charge < -0.3 is 10.2 Å². The molecule has 166 valence electrons. The fraction of sp³-hybridized carbons (Fsp3) is 0.360. The van der Waals surface area contributed by atoms with E-state index in [1.54, 1.807) is 4.90 Å². The van der Waals surface area contributed by atoms with Crippen LogP contribution in [0.1, 0.15) is 55.2 Å². The number of benzene rings is 2. The lowest BCUT2D eigenvalue weighted by molar-refractivity contribution is -0.125. The maximum atomic E-state index is 13.1. The molecule has 0 radical (unpaired) electrons. The first-order chi connectivity index (χ1) is 15.7. The van der Waals surface area contributed by atoms with E-state index in [1.807, 2.05) is 48.5 Å². The zero-order chi connectivity index (χ0) is 22.6. The summed E-state index contributed by atoms with van der Waals surface area (Å²) in [6, 6.07) is 15.5. The molecule has 2 aromatic rings. The maximum absolute atomic E-state index is 13.1. The van der Waals surface area contributed by atoms with Gasteiger partial charge in [-0.2, -0.15) is 0 Å². The molecule has 1 heterocycles. The summed E-state index contributed by atoms with van der Waals surface area (Å²) in [7, 11) is -0.278. The molecule has 0 saturated heterocycles. The van der Waals surface area contributed by atoms with Gasteiger partial charge in [-0.05, 0) is 36.6 Å². The van der Waals surface area contributed by atoms with Crippen LogP contribution in [0, 0.1) is 11.8 Å². The van der Waals surface area contributed by atoms with Crippen molar-refractivity contribution in [3.8, 4) is 11.8 Å². The van der Waals surface area contributed by atoms with Crippen LogP contribution in [0.15, 0.2) is 48.5 Å². The number of carbonyl (C=O) groups excluding carboxylic acids is 2. The van der Waals surface area contributed by atoms with Gasteiger partial charge in [0.1, 0.15) is 0 Å². The Bertz CT molecular complexity index is 1010. The molecule has 0 aromatic heterocycles. The average molecular weight is 450 g/mol. The van der Waals surface area contributed by atoms with Crippen LogP contribution < -0.4 is 10.2 Å². The van der Waals surface area contributed by atoms with Crippen molar-refractivity contribution in [3.05, 3.63) is 65.2 Å². The van der Waals surface area contributed by atoms with Crippen molar-refractivity contribution in [1.29, 1.82) is 0 Å². The Hall–Kier alpha value is -3.00. The average Bonchev–Trinajstić information content (AvgIpc) is 2.80. The van der Waals surface area contributed by atoms with Gasteiger partial charge in [-0.3, -0.25) is 14.1 Å². The Morgan fingerprint density at radius 2 is 1.66 bits per heavy atom. The number of hydrogen-bond acceptors (Lipinski definition) is 4. The predicted octanol–water partition coefficient (Wildman–Crippen LogP) is 4.61. The minimum absolute atomic E-state index is 0.0937. The van der Waals surface area contributed by atoms with Crippen molar-refractivity contribution in [2.75, 3.05) is 18.1 Å². The van der Waals surface area contributed by atoms with E-state index in [9.17, 15) is 14.2 Å². The fourth-order valence-corrected chi connectivity index (χ4v) is 3.77. The highest BCUT2D eigenvalue weighted by atomic mass is 31.1. The van der Waals surface area contributed by atoms with Gasteiger partial charge in [0.25, 0.3) is 0 Å². The van der Waals surface area contributed by atoms with Gasteiger partial charge in [0, 0.05) is 30.5 Å². The molecule has 1 aliphatic heterocycles. The van der Waals surface area contributed by atoms with Gasteiger partial charge in [0.2, 0.25) is 11.8 Å². The van der Waals surface area contributed by atoms with Crippen LogP contribution in [0.5, 0.6) is 0 Å². The molecule has 1 aliphatic rings. The predicted molar refractivity (Wildman–Crippen MR) is 124 cm³/mol. The topological polar surface area (TPSA) is 75.7 Å². The van der Waals surface area contributed by atoms with Gasteiger partial charge in [-0.25, -0.2) is 4.57 Å². The molecule has 2 amide bonds. The highest BCUT2D eigenvalue weighted by Gasteiger charge is 2.21. The Balaban J connectivity index is 1.52. The normalized spacial score (nSPS) is 12.1. The largest absolute Gasteiger partial charge is 0.356 e. The molecule has 2 aromatic carbocycles. The fourth-order valence-electron chi connectivity index (χ4n) is 3.56. The molecular weight excluding hydrogens is 423 g/mol. The number of nitrogens with one attached hydrogen (secondary N) is 1. The SMILES string of the molecule is O=POCCCCCCNC(=O)CCC(=O)N1Cc2ccccc2C#Cc2ccccc21. The molecular formula is C25H27N2O4P. The van der Waals surface area contributed by atoms with Crippen molar-refractivity contribution in [1.82, 2.24) is 5.32 Å². The molecule has 0 bridgehead atoms. The molecule has 1 N–H and O–H groups in total. The van der Waals surface area contributed by atoms with Crippen LogP contribution in [0.25, 0.3) is 0 Å². The maximum Gasteiger partial charge on any atom is 0.327 e. The zero-order valence-electron chi connectivity index (χ0n) is 18.0. The van der Waals surface area contributed by atoms with E-state index in [0.29, 0.717) is 19.7 Å². The van der Waals surface area contributed by atoms with Crippen LogP contribution in [0.4, 0.5) is 5.69 Å². The van der Waals surface area contributed by atoms with Crippen LogP contribution in [-0.4, -0.2) is 25.0 Å². The quantitative estimate of drug-likeness (QED) is 0.308. The lowest BCUT2D eigenvalue weighted by atomic mass is 10.0. The number of nitrogens with zero attached hydrogens (tertiary/aromatic N) is 1. The van der Waals surface area contributed by atoms with E-state index in [0.717, 1.165) is 48.1 Å². The molecule has 6 nitrogen and oxygen atoms in total. The van der Waals surface area contributed by atoms with E-state index in [1.165, 1.54) is 0 Å². The Kier molecular flexibility index (Phi) is 9.43. The van der Waals surface area contributed by atoms with Crippen LogP contribution in [-0.2, 0) is 25.2 Å². The van der Waals surface area contributed by atoms with Gasteiger partial charge in [-0.1, -0.05) is 55.0 Å². The van der Waals surface area contributed by atoms with E-state index in [2.05, 4.69) is 17.2 Å². The Labute approximate surface area is 190 Å². The summed E-state index contributed by atoms with van der Waals surface area (Å²) in [5, 5.41) is 2.89. The lowest BCUT2D eigenvalue weighted by Gasteiger charge is -2.26. The molecule has 0 unspecified atom stereocenters. The molecule has 32 heavy (non-hydrogen) atoms. The van der Waals surface area contributed by atoms with Gasteiger partial charge in [0.15, 0.2) is 0 Å². The van der Waals surface area contributed by atoms with Crippen LogP contribution in [0.3, 0.4) is 0 Å². The third-order valence-corrected chi connectivity index (χ3v) is 5.56. The van der Waals surface area contributed by atoms with Gasteiger partial charge >= 0.3 is 8.69 Å². The third-order valence-electron chi connectivity index (χ3n) is 5.28. The summed E-state index contributed by atoms with van der Waals surface area (Å²) in [4.78, 5) is 27.1. The molecule has 7 heteroatoms. The second-order valence-corrected chi connectivity index (χ2v) is 7.98. The van der Waals surface area contributed by atoms with Crippen molar-refractivity contribution >= 4 is 26.2 Å². The first-order valence-corrected chi connectivity index (χ1v) is 11.6. The zero-order valence-corrected chi connectivity index (χ0v) is 18.9. The van der Waals surface area contributed by atoms with Gasteiger partial charge in [0.05, 0.1) is 18.8 Å². The summed E-state index contributed by atoms with van der Waals surface area (Å²) in [6.45, 7) is 1.50. The molecule has 3 rings (SSSR count). The minimum Gasteiger partial charge on any atom is -0.356 e. The van der Waals surface area contributed by atoms with Crippen molar-refractivity contribution in [2.24, 2.45) is 0 Å². The van der Waals surface area contributed by atoms with Crippen LogP contribution in [0.2, 0.25) is 0 Å².